The Morgan fingerprint density at radius 3 is 2.50 bits per heavy atom. The van der Waals surface area contributed by atoms with Gasteiger partial charge < -0.3 is 19.4 Å². The molecule has 1 amide bonds. The molecule has 0 atom stereocenters. The number of nitrogens with zero attached hydrogens (tertiary/aromatic N) is 5. The first kappa shape index (κ1) is 25.7. The summed E-state index contributed by atoms with van der Waals surface area (Å²) < 4.78 is 10.8. The summed E-state index contributed by atoms with van der Waals surface area (Å²) in [5.41, 5.74) is 5.70. The maximum absolute atomic E-state index is 12.3. The number of nitrogens with one attached hydrogen (secondary N) is 1. The molecule has 38 heavy (non-hydrogen) atoms. The Morgan fingerprint density at radius 1 is 0.974 bits per heavy atom. The Bertz CT molecular complexity index is 1420. The molecule has 3 aromatic heterocycles. The molecule has 0 unspecified atom stereocenters. The lowest BCUT2D eigenvalue weighted by atomic mass is 10.1. The maximum atomic E-state index is 12.3. The summed E-state index contributed by atoms with van der Waals surface area (Å²) in [7, 11) is 1.62. The molecule has 1 saturated heterocycles. The molecule has 1 aliphatic heterocycles. The van der Waals surface area contributed by atoms with E-state index in [2.05, 4.69) is 44.1 Å². The Kier molecular flexibility index (Phi) is 7.28. The number of amides is 1. The third-order valence-corrected chi connectivity index (χ3v) is 6.47. The molecule has 9 heteroatoms. The number of carbonyl (C=O) groups excluding carboxylic acids is 1. The fraction of sp³-hybridized carbons (Fsp3) is 0.379. The zero-order chi connectivity index (χ0) is 26.7. The van der Waals surface area contributed by atoms with Gasteiger partial charge in [-0.15, -0.1) is 0 Å². The van der Waals surface area contributed by atoms with Gasteiger partial charge in [0.25, 0.3) is 0 Å². The molecule has 1 N–H and O–H groups in total. The van der Waals surface area contributed by atoms with Gasteiger partial charge in [-0.2, -0.15) is 0 Å². The van der Waals surface area contributed by atoms with Crippen LogP contribution in [0.5, 0.6) is 5.88 Å². The number of aromatic amines is 1. The molecule has 4 heterocycles. The van der Waals surface area contributed by atoms with Gasteiger partial charge in [0.05, 0.1) is 18.1 Å². The highest BCUT2D eigenvalue weighted by Crippen LogP contribution is 2.26. The van der Waals surface area contributed by atoms with Crippen molar-refractivity contribution in [2.24, 2.45) is 0 Å². The summed E-state index contributed by atoms with van der Waals surface area (Å²) >= 11 is 0. The van der Waals surface area contributed by atoms with Crippen molar-refractivity contribution in [1.29, 1.82) is 0 Å². The molecule has 0 aliphatic carbocycles. The van der Waals surface area contributed by atoms with Crippen LogP contribution < -0.4 is 4.74 Å². The van der Waals surface area contributed by atoms with E-state index >= 15 is 0 Å². The van der Waals surface area contributed by atoms with Gasteiger partial charge in [0.1, 0.15) is 11.4 Å². The van der Waals surface area contributed by atoms with Gasteiger partial charge in [0.2, 0.25) is 5.88 Å². The van der Waals surface area contributed by atoms with Crippen molar-refractivity contribution in [2.45, 2.75) is 39.3 Å². The zero-order valence-corrected chi connectivity index (χ0v) is 22.4. The summed E-state index contributed by atoms with van der Waals surface area (Å²) in [6.07, 6.45) is 3.99. The first-order valence-electron chi connectivity index (χ1n) is 12.9. The monoisotopic (exact) mass is 514 g/mol. The van der Waals surface area contributed by atoms with E-state index < -0.39 is 5.60 Å². The van der Waals surface area contributed by atoms with E-state index in [0.29, 0.717) is 25.4 Å². The summed E-state index contributed by atoms with van der Waals surface area (Å²) in [6, 6.07) is 14.3. The van der Waals surface area contributed by atoms with Crippen molar-refractivity contribution < 1.29 is 14.3 Å². The number of pyridine rings is 2. The standard InChI is InChI=1S/C29H34N6O3/c1-29(2,3)38-28(36)35-13-11-34(12-14-35)19-20-7-9-30-23(15-20)18-26-32-24-6-5-21(16-25(24)33-26)22-8-10-31-27(17-22)37-4/h5-10,15-17H,11-14,18-19H2,1-4H3,(H,32,33). The van der Waals surface area contributed by atoms with Crippen molar-refractivity contribution in [1.82, 2.24) is 29.7 Å². The van der Waals surface area contributed by atoms with Crippen molar-refractivity contribution in [2.75, 3.05) is 33.3 Å². The molecule has 0 saturated carbocycles. The summed E-state index contributed by atoms with van der Waals surface area (Å²) in [5.74, 6) is 1.46. The summed E-state index contributed by atoms with van der Waals surface area (Å²) in [4.78, 5) is 33.5. The quantitative estimate of drug-likeness (QED) is 0.399. The first-order valence-corrected chi connectivity index (χ1v) is 12.9. The minimum atomic E-state index is -0.475. The molecule has 198 valence electrons. The lowest BCUT2D eigenvalue weighted by molar-refractivity contribution is 0.0139. The van der Waals surface area contributed by atoms with Gasteiger partial charge in [-0.05, 0) is 67.8 Å². The van der Waals surface area contributed by atoms with Gasteiger partial charge in [0.15, 0.2) is 0 Å². The number of benzene rings is 1. The van der Waals surface area contributed by atoms with Crippen LogP contribution in [0.4, 0.5) is 4.79 Å². The molecule has 0 radical (unpaired) electrons. The van der Waals surface area contributed by atoms with E-state index in [0.717, 1.165) is 53.3 Å². The molecular formula is C29H34N6O3. The molecule has 0 bridgehead atoms. The molecule has 9 nitrogen and oxygen atoms in total. The average Bonchev–Trinajstić information content (AvgIpc) is 3.30. The number of ether oxygens (including phenoxy) is 2. The van der Waals surface area contributed by atoms with E-state index in [9.17, 15) is 4.79 Å². The summed E-state index contributed by atoms with van der Waals surface area (Å²) in [5, 5.41) is 0. The van der Waals surface area contributed by atoms with Crippen LogP contribution in [0, 0.1) is 0 Å². The number of H-pyrrole nitrogens is 1. The largest absolute Gasteiger partial charge is 0.481 e. The number of hydrogen-bond donors (Lipinski definition) is 1. The van der Waals surface area contributed by atoms with Crippen molar-refractivity contribution in [3.05, 3.63) is 71.9 Å². The normalized spacial score (nSPS) is 14.6. The molecule has 5 rings (SSSR count). The third-order valence-electron chi connectivity index (χ3n) is 6.47. The number of fused-ring (bicyclic) bond motifs is 1. The number of imidazole rings is 1. The van der Waals surface area contributed by atoms with Gasteiger partial charge in [-0.3, -0.25) is 9.88 Å². The number of rotatable bonds is 6. The first-order chi connectivity index (χ1) is 18.3. The van der Waals surface area contributed by atoms with Crippen LogP contribution in [-0.2, 0) is 17.7 Å². The van der Waals surface area contributed by atoms with E-state index in [1.165, 1.54) is 5.56 Å². The lowest BCUT2D eigenvalue weighted by Crippen LogP contribution is -2.49. The van der Waals surface area contributed by atoms with Gasteiger partial charge in [-0.25, -0.2) is 14.8 Å². The van der Waals surface area contributed by atoms with Crippen molar-refractivity contribution in [3.8, 4) is 17.0 Å². The molecule has 1 aliphatic rings. The average molecular weight is 515 g/mol. The fourth-order valence-corrected chi connectivity index (χ4v) is 4.59. The van der Waals surface area contributed by atoms with Gasteiger partial charge in [-0.1, -0.05) is 6.07 Å². The van der Waals surface area contributed by atoms with Crippen LogP contribution in [-0.4, -0.2) is 74.7 Å². The number of hydrogen-bond acceptors (Lipinski definition) is 7. The third kappa shape index (κ3) is 6.28. The highest BCUT2D eigenvalue weighted by molar-refractivity contribution is 5.82. The Labute approximate surface area is 222 Å². The predicted octanol–water partition coefficient (Wildman–Crippen LogP) is 4.67. The minimum absolute atomic E-state index is 0.234. The Morgan fingerprint density at radius 2 is 1.74 bits per heavy atom. The second-order valence-electron chi connectivity index (χ2n) is 10.6. The second kappa shape index (κ2) is 10.8. The van der Waals surface area contributed by atoms with Gasteiger partial charge >= 0.3 is 6.09 Å². The van der Waals surface area contributed by atoms with Crippen LogP contribution in [0.2, 0.25) is 0 Å². The van der Waals surface area contributed by atoms with E-state index in [4.69, 9.17) is 14.5 Å². The predicted molar refractivity (Wildman–Crippen MR) is 146 cm³/mol. The van der Waals surface area contributed by atoms with Crippen LogP contribution >= 0.6 is 0 Å². The molecule has 4 aromatic rings. The fourth-order valence-electron chi connectivity index (χ4n) is 4.59. The van der Waals surface area contributed by atoms with Gasteiger partial charge in [0, 0.05) is 63.3 Å². The highest BCUT2D eigenvalue weighted by atomic mass is 16.6. The molecular weight excluding hydrogens is 480 g/mol. The lowest BCUT2D eigenvalue weighted by Gasteiger charge is -2.35. The number of methoxy groups -OCH3 is 1. The van der Waals surface area contributed by atoms with E-state index in [1.54, 1.807) is 18.2 Å². The molecule has 0 spiro atoms. The SMILES string of the molecule is COc1cc(-c2ccc3nc(Cc4cc(CN5CCN(C(=O)OC(C)(C)C)CC5)ccn4)[nH]c3c2)ccn1. The van der Waals surface area contributed by atoms with Crippen LogP contribution in [0.25, 0.3) is 22.2 Å². The Hall–Kier alpha value is -3.98. The summed E-state index contributed by atoms with van der Waals surface area (Å²) in [6.45, 7) is 9.45. The van der Waals surface area contributed by atoms with Crippen LogP contribution in [0.15, 0.2) is 54.9 Å². The minimum Gasteiger partial charge on any atom is -0.481 e. The second-order valence-corrected chi connectivity index (χ2v) is 10.6. The smallest absolute Gasteiger partial charge is 0.410 e. The zero-order valence-electron chi connectivity index (χ0n) is 22.4. The van der Waals surface area contributed by atoms with Crippen molar-refractivity contribution >= 4 is 17.1 Å². The number of piperazine rings is 1. The Balaban J connectivity index is 1.21. The molecule has 1 aromatic carbocycles. The van der Waals surface area contributed by atoms with E-state index in [-0.39, 0.29) is 6.09 Å². The van der Waals surface area contributed by atoms with E-state index in [1.807, 2.05) is 45.2 Å². The highest BCUT2D eigenvalue weighted by Gasteiger charge is 2.25. The number of aromatic nitrogens is 4. The molecule has 1 fully saturated rings. The maximum Gasteiger partial charge on any atom is 0.410 e. The van der Waals surface area contributed by atoms with Crippen molar-refractivity contribution in [3.63, 3.8) is 0 Å². The van der Waals surface area contributed by atoms with Crippen LogP contribution in [0.1, 0.15) is 37.9 Å². The topological polar surface area (TPSA) is 96.5 Å². The number of carbonyl (C=O) groups is 1. The van der Waals surface area contributed by atoms with Crippen LogP contribution in [0.3, 0.4) is 0 Å².